The van der Waals surface area contributed by atoms with E-state index in [0.29, 0.717) is 24.9 Å². The maximum absolute atomic E-state index is 11.9. The van der Waals surface area contributed by atoms with Gasteiger partial charge in [-0.3, -0.25) is 9.78 Å². The van der Waals surface area contributed by atoms with E-state index in [0.717, 1.165) is 11.1 Å². The van der Waals surface area contributed by atoms with Crippen LogP contribution in [-0.2, 0) is 33.5 Å². The van der Waals surface area contributed by atoms with E-state index in [-0.39, 0.29) is 11.7 Å². The highest BCUT2D eigenvalue weighted by Crippen LogP contribution is 2.08. The van der Waals surface area contributed by atoms with Crippen LogP contribution in [0, 0.1) is 0 Å². The number of benzene rings is 1. The lowest BCUT2D eigenvalue weighted by atomic mass is 10.1. The zero-order valence-electron chi connectivity index (χ0n) is 13.5. The van der Waals surface area contributed by atoms with E-state index in [4.69, 9.17) is 0 Å². The predicted molar refractivity (Wildman–Crippen MR) is 92.5 cm³/mol. The molecule has 0 aliphatic carbocycles. The van der Waals surface area contributed by atoms with Crippen molar-refractivity contribution in [1.82, 2.24) is 15.0 Å². The van der Waals surface area contributed by atoms with Gasteiger partial charge < -0.3 is 5.32 Å². The summed E-state index contributed by atoms with van der Waals surface area (Å²) in [5, 5.41) is 2.86. The van der Waals surface area contributed by atoms with Gasteiger partial charge in [0.1, 0.15) is 0 Å². The van der Waals surface area contributed by atoms with Crippen LogP contribution in [0.5, 0.6) is 0 Å². The van der Waals surface area contributed by atoms with E-state index >= 15 is 0 Å². The summed E-state index contributed by atoms with van der Waals surface area (Å²) in [6, 6.07) is 10.9. The molecule has 1 heterocycles. The Kier molecular flexibility index (Phi) is 6.45. The number of carbonyl (C=O) groups is 1. The molecule has 1 aromatic heterocycles. The zero-order valence-corrected chi connectivity index (χ0v) is 14.3. The van der Waals surface area contributed by atoms with Crippen LogP contribution in [0.1, 0.15) is 23.1 Å². The molecule has 0 aliphatic rings. The second kappa shape index (κ2) is 8.56. The fraction of sp³-hybridized carbons (Fsp3) is 0.294. The van der Waals surface area contributed by atoms with Gasteiger partial charge >= 0.3 is 0 Å². The molecule has 0 fully saturated rings. The third kappa shape index (κ3) is 6.10. The molecule has 1 aromatic carbocycles. The lowest BCUT2D eigenvalue weighted by Gasteiger charge is -2.07. The summed E-state index contributed by atoms with van der Waals surface area (Å²) in [6.07, 6.45) is 4.52. The van der Waals surface area contributed by atoms with Crippen LogP contribution < -0.4 is 10.0 Å². The number of pyridine rings is 1. The van der Waals surface area contributed by atoms with E-state index in [1.165, 1.54) is 7.05 Å². The summed E-state index contributed by atoms with van der Waals surface area (Å²) in [4.78, 5) is 15.9. The summed E-state index contributed by atoms with van der Waals surface area (Å²) in [5.41, 5.74) is 2.66. The molecule has 0 unspecified atom stereocenters. The maximum atomic E-state index is 11.9. The van der Waals surface area contributed by atoms with Gasteiger partial charge in [-0.05, 0) is 36.2 Å². The van der Waals surface area contributed by atoms with Crippen molar-refractivity contribution in [3.8, 4) is 0 Å². The molecule has 7 heteroatoms. The Morgan fingerprint density at radius 2 is 1.79 bits per heavy atom. The highest BCUT2D eigenvalue weighted by molar-refractivity contribution is 7.88. The summed E-state index contributed by atoms with van der Waals surface area (Å²) in [6.45, 7) is 0.422. The minimum Gasteiger partial charge on any atom is -0.352 e. The molecule has 128 valence electrons. The monoisotopic (exact) mass is 347 g/mol. The van der Waals surface area contributed by atoms with Gasteiger partial charge in [-0.1, -0.05) is 30.3 Å². The number of nitrogens with zero attached hydrogens (tertiary/aromatic N) is 1. The number of sulfonamides is 1. The van der Waals surface area contributed by atoms with Gasteiger partial charge in [0.15, 0.2) is 0 Å². The fourth-order valence-corrected chi connectivity index (χ4v) is 2.91. The van der Waals surface area contributed by atoms with Crippen molar-refractivity contribution in [2.45, 2.75) is 25.1 Å². The molecule has 1 amide bonds. The number of hydrogen-bond donors (Lipinski definition) is 2. The Labute approximate surface area is 142 Å². The first kappa shape index (κ1) is 18.1. The SMILES string of the molecule is CNS(=O)(=O)Cc1ccc(CNC(=O)CCc2cccnc2)cc1. The third-order valence-electron chi connectivity index (χ3n) is 3.54. The normalized spacial score (nSPS) is 11.2. The molecule has 0 aliphatic heterocycles. The Bertz CT molecular complexity index is 759. The molecule has 0 spiro atoms. The van der Waals surface area contributed by atoms with Crippen molar-refractivity contribution in [3.05, 3.63) is 65.5 Å². The minimum absolute atomic E-state index is 0.0271. The number of aromatic nitrogens is 1. The second-order valence-corrected chi connectivity index (χ2v) is 7.34. The van der Waals surface area contributed by atoms with Gasteiger partial charge in [-0.25, -0.2) is 13.1 Å². The quantitative estimate of drug-likeness (QED) is 0.755. The van der Waals surface area contributed by atoms with E-state index in [9.17, 15) is 13.2 Å². The van der Waals surface area contributed by atoms with E-state index in [2.05, 4.69) is 15.0 Å². The van der Waals surface area contributed by atoms with Crippen molar-refractivity contribution in [2.24, 2.45) is 0 Å². The number of hydrogen-bond acceptors (Lipinski definition) is 4. The van der Waals surface area contributed by atoms with Crippen LogP contribution in [0.25, 0.3) is 0 Å². The average molecular weight is 347 g/mol. The molecule has 2 rings (SSSR count). The summed E-state index contributed by atoms with van der Waals surface area (Å²) in [5.74, 6) is -0.0815. The molecule has 2 N–H and O–H groups in total. The number of nitrogens with one attached hydrogen (secondary N) is 2. The Morgan fingerprint density at radius 3 is 2.42 bits per heavy atom. The molecular formula is C17H21N3O3S. The van der Waals surface area contributed by atoms with Crippen LogP contribution >= 0.6 is 0 Å². The fourth-order valence-electron chi connectivity index (χ4n) is 2.14. The average Bonchev–Trinajstić information content (AvgIpc) is 2.60. The van der Waals surface area contributed by atoms with Gasteiger partial charge in [-0.15, -0.1) is 0 Å². The number of carbonyl (C=O) groups excluding carboxylic acids is 1. The smallest absolute Gasteiger partial charge is 0.220 e. The van der Waals surface area contributed by atoms with Crippen molar-refractivity contribution >= 4 is 15.9 Å². The van der Waals surface area contributed by atoms with Gasteiger partial charge in [0.25, 0.3) is 0 Å². The number of rotatable bonds is 8. The minimum atomic E-state index is -3.27. The number of amides is 1. The molecule has 2 aromatic rings. The highest BCUT2D eigenvalue weighted by Gasteiger charge is 2.08. The van der Waals surface area contributed by atoms with E-state index < -0.39 is 10.0 Å². The first-order valence-electron chi connectivity index (χ1n) is 7.63. The first-order chi connectivity index (χ1) is 11.5. The van der Waals surface area contributed by atoms with Crippen molar-refractivity contribution in [3.63, 3.8) is 0 Å². The second-order valence-electron chi connectivity index (χ2n) is 5.42. The molecule has 0 atom stereocenters. The van der Waals surface area contributed by atoms with E-state index in [1.807, 2.05) is 24.3 Å². The highest BCUT2D eigenvalue weighted by atomic mass is 32.2. The Morgan fingerprint density at radius 1 is 1.08 bits per heavy atom. The molecule has 0 radical (unpaired) electrons. The molecule has 0 saturated heterocycles. The predicted octanol–water partition coefficient (Wildman–Crippen LogP) is 1.38. The van der Waals surface area contributed by atoms with Crippen molar-refractivity contribution < 1.29 is 13.2 Å². The number of aryl methyl sites for hydroxylation is 1. The zero-order chi connectivity index (χ0) is 17.4. The van der Waals surface area contributed by atoms with Gasteiger partial charge in [0.2, 0.25) is 15.9 Å². The topological polar surface area (TPSA) is 88.2 Å². The van der Waals surface area contributed by atoms with Crippen LogP contribution in [0.15, 0.2) is 48.8 Å². The van der Waals surface area contributed by atoms with Gasteiger partial charge in [0.05, 0.1) is 5.75 Å². The van der Waals surface area contributed by atoms with Crippen molar-refractivity contribution in [2.75, 3.05) is 7.05 Å². The van der Waals surface area contributed by atoms with Crippen LogP contribution in [0.4, 0.5) is 0 Å². The summed E-state index contributed by atoms with van der Waals surface area (Å²) >= 11 is 0. The van der Waals surface area contributed by atoms with Crippen LogP contribution in [0.2, 0.25) is 0 Å². The lowest BCUT2D eigenvalue weighted by molar-refractivity contribution is -0.121. The molecule has 24 heavy (non-hydrogen) atoms. The lowest BCUT2D eigenvalue weighted by Crippen LogP contribution is -2.23. The standard InChI is InChI=1S/C17H21N3O3S/c1-18-24(22,23)13-16-6-4-15(5-7-16)12-20-17(21)9-8-14-3-2-10-19-11-14/h2-7,10-11,18H,8-9,12-13H2,1H3,(H,20,21). The van der Waals surface area contributed by atoms with Gasteiger partial charge in [0, 0.05) is 25.4 Å². The van der Waals surface area contributed by atoms with Crippen molar-refractivity contribution in [1.29, 1.82) is 0 Å². The van der Waals surface area contributed by atoms with E-state index in [1.54, 1.807) is 24.5 Å². The summed E-state index contributed by atoms with van der Waals surface area (Å²) < 4.78 is 25.3. The third-order valence-corrected chi connectivity index (χ3v) is 4.88. The largest absolute Gasteiger partial charge is 0.352 e. The maximum Gasteiger partial charge on any atom is 0.220 e. The molecule has 0 bridgehead atoms. The van der Waals surface area contributed by atoms with Crippen LogP contribution in [-0.4, -0.2) is 26.4 Å². The first-order valence-corrected chi connectivity index (χ1v) is 9.28. The van der Waals surface area contributed by atoms with Crippen LogP contribution in [0.3, 0.4) is 0 Å². The summed E-state index contributed by atoms with van der Waals surface area (Å²) in [7, 11) is -1.88. The molecular weight excluding hydrogens is 326 g/mol. The molecule has 0 saturated carbocycles. The Balaban J connectivity index is 1.78. The van der Waals surface area contributed by atoms with Gasteiger partial charge in [-0.2, -0.15) is 0 Å². The Hall–Kier alpha value is -2.25. The molecule has 6 nitrogen and oxygen atoms in total.